The van der Waals surface area contributed by atoms with Crippen molar-refractivity contribution < 1.29 is 19.4 Å². The predicted octanol–water partition coefficient (Wildman–Crippen LogP) is 4.22. The molecule has 1 fully saturated rings. The van der Waals surface area contributed by atoms with Crippen molar-refractivity contribution in [1.29, 1.82) is 0 Å². The van der Waals surface area contributed by atoms with Crippen LogP contribution in [0.15, 0.2) is 58.6 Å². The van der Waals surface area contributed by atoms with E-state index in [-0.39, 0.29) is 11.3 Å². The van der Waals surface area contributed by atoms with Crippen molar-refractivity contribution in [2.45, 2.75) is 19.9 Å². The molecule has 1 aliphatic rings. The number of nitrogens with zero attached hydrogens (tertiary/aromatic N) is 2. The van der Waals surface area contributed by atoms with Crippen molar-refractivity contribution >= 4 is 33.4 Å². The topological polar surface area (TPSA) is 70.1 Å². The molecule has 2 aromatic carbocycles. The zero-order valence-electron chi connectivity index (χ0n) is 18.0. The van der Waals surface area contributed by atoms with Gasteiger partial charge >= 0.3 is 0 Å². The Labute approximate surface area is 191 Å². The third-order valence-corrected chi connectivity index (χ3v) is 6.15. The van der Waals surface area contributed by atoms with Gasteiger partial charge in [0.2, 0.25) is 0 Å². The summed E-state index contributed by atoms with van der Waals surface area (Å²) in [4.78, 5) is 29.8. The zero-order chi connectivity index (χ0) is 22.5. The molecule has 6 nitrogen and oxygen atoms in total. The second kappa shape index (κ2) is 10.1. The number of halogens is 1. The second-order valence-electron chi connectivity index (χ2n) is 7.30. The number of ketones is 1. The van der Waals surface area contributed by atoms with Crippen LogP contribution in [0.25, 0.3) is 5.76 Å². The van der Waals surface area contributed by atoms with Gasteiger partial charge in [0.1, 0.15) is 11.5 Å². The summed E-state index contributed by atoms with van der Waals surface area (Å²) in [5, 5.41) is 11.1. The standard InChI is InChI=1S/C24H27BrN2O4/c1-4-26(5-2)13-14-27-21(17-7-6-8-19(15-17)31-3)20(23(29)24(27)30)22(28)16-9-11-18(25)12-10-16/h6-12,15,21,28H,4-5,13-14H2,1-3H3/b22-20-. The lowest BCUT2D eigenvalue weighted by atomic mass is 9.95. The van der Waals surface area contributed by atoms with Crippen molar-refractivity contribution in [3.05, 3.63) is 69.7 Å². The van der Waals surface area contributed by atoms with E-state index in [1.165, 1.54) is 0 Å². The van der Waals surface area contributed by atoms with E-state index in [9.17, 15) is 14.7 Å². The average molecular weight is 487 g/mol. The first kappa shape index (κ1) is 23.0. The van der Waals surface area contributed by atoms with Gasteiger partial charge in [-0.15, -0.1) is 0 Å². The lowest BCUT2D eigenvalue weighted by molar-refractivity contribution is -0.140. The monoisotopic (exact) mass is 486 g/mol. The van der Waals surface area contributed by atoms with Crippen LogP contribution in [0.1, 0.15) is 31.0 Å². The summed E-state index contributed by atoms with van der Waals surface area (Å²) in [5.74, 6) is -0.828. The van der Waals surface area contributed by atoms with Crippen molar-refractivity contribution in [3.63, 3.8) is 0 Å². The summed E-state index contributed by atoms with van der Waals surface area (Å²) in [6.45, 7) is 6.84. The van der Waals surface area contributed by atoms with Crippen LogP contribution in [-0.4, -0.2) is 59.9 Å². The number of hydrogen-bond acceptors (Lipinski definition) is 5. The van der Waals surface area contributed by atoms with Gasteiger partial charge in [-0.05, 0) is 42.9 Å². The quantitative estimate of drug-likeness (QED) is 0.343. The Bertz CT molecular complexity index is 983. The van der Waals surface area contributed by atoms with E-state index in [0.29, 0.717) is 24.4 Å². The number of Topliss-reactive ketones (excluding diaryl/α,β-unsaturated/α-hetero) is 1. The Hall–Kier alpha value is -2.64. The number of likely N-dealkylation sites (tertiary alicyclic amines) is 1. The van der Waals surface area contributed by atoms with E-state index in [0.717, 1.165) is 23.1 Å². The molecule has 3 rings (SSSR count). The Morgan fingerprint density at radius 3 is 2.42 bits per heavy atom. The minimum Gasteiger partial charge on any atom is -0.507 e. The van der Waals surface area contributed by atoms with E-state index in [4.69, 9.17) is 4.74 Å². The lowest BCUT2D eigenvalue weighted by Crippen LogP contribution is -2.38. The molecule has 0 aliphatic carbocycles. The van der Waals surface area contributed by atoms with Gasteiger partial charge in [0, 0.05) is 23.1 Å². The van der Waals surface area contributed by atoms with Gasteiger partial charge in [-0.25, -0.2) is 0 Å². The Kier molecular flexibility index (Phi) is 7.51. The van der Waals surface area contributed by atoms with Gasteiger partial charge in [0.05, 0.1) is 18.7 Å². The maximum absolute atomic E-state index is 13.1. The number of carbonyl (C=O) groups is 2. The fourth-order valence-corrected chi connectivity index (χ4v) is 4.09. The largest absolute Gasteiger partial charge is 0.507 e. The molecule has 1 atom stereocenters. The van der Waals surface area contributed by atoms with E-state index in [1.807, 2.05) is 12.1 Å². The Morgan fingerprint density at radius 1 is 1.13 bits per heavy atom. The summed E-state index contributed by atoms with van der Waals surface area (Å²) in [6.07, 6.45) is 0. The summed E-state index contributed by atoms with van der Waals surface area (Å²) in [7, 11) is 1.57. The maximum atomic E-state index is 13.1. The Morgan fingerprint density at radius 2 is 1.81 bits per heavy atom. The molecule has 1 N–H and O–H groups in total. The third-order valence-electron chi connectivity index (χ3n) is 5.62. The lowest BCUT2D eigenvalue weighted by Gasteiger charge is -2.28. The molecular weight excluding hydrogens is 460 g/mol. The molecule has 164 valence electrons. The molecule has 1 heterocycles. The Balaban J connectivity index is 2.11. The number of hydrogen-bond donors (Lipinski definition) is 1. The van der Waals surface area contributed by atoms with Gasteiger partial charge in [0.15, 0.2) is 0 Å². The molecule has 1 unspecified atom stereocenters. The molecular formula is C24H27BrN2O4. The summed E-state index contributed by atoms with van der Waals surface area (Å²) in [6, 6.07) is 13.6. The molecule has 1 aliphatic heterocycles. The number of methoxy groups -OCH3 is 1. The number of aliphatic hydroxyl groups is 1. The fraction of sp³-hybridized carbons (Fsp3) is 0.333. The molecule has 0 aromatic heterocycles. The number of amides is 1. The number of aliphatic hydroxyl groups excluding tert-OH is 1. The first-order chi connectivity index (χ1) is 14.9. The van der Waals surface area contributed by atoms with Crippen LogP contribution in [0.2, 0.25) is 0 Å². The highest BCUT2D eigenvalue weighted by Gasteiger charge is 2.46. The van der Waals surface area contributed by atoms with E-state index in [2.05, 4.69) is 34.7 Å². The molecule has 2 aromatic rings. The van der Waals surface area contributed by atoms with Gasteiger partial charge < -0.3 is 19.6 Å². The van der Waals surface area contributed by atoms with Gasteiger partial charge in [0.25, 0.3) is 11.7 Å². The first-order valence-electron chi connectivity index (χ1n) is 10.3. The number of ether oxygens (including phenoxy) is 1. The highest BCUT2D eigenvalue weighted by atomic mass is 79.9. The zero-order valence-corrected chi connectivity index (χ0v) is 19.6. The van der Waals surface area contributed by atoms with Crippen LogP contribution >= 0.6 is 15.9 Å². The fourth-order valence-electron chi connectivity index (χ4n) is 3.82. The molecule has 0 bridgehead atoms. The summed E-state index contributed by atoms with van der Waals surface area (Å²) < 4.78 is 6.20. The molecule has 0 saturated carbocycles. The van der Waals surface area contributed by atoms with Gasteiger partial charge in [-0.2, -0.15) is 0 Å². The van der Waals surface area contributed by atoms with Gasteiger partial charge in [-0.1, -0.05) is 54.0 Å². The van der Waals surface area contributed by atoms with Crippen LogP contribution < -0.4 is 4.74 Å². The molecule has 0 spiro atoms. The number of carbonyl (C=O) groups excluding carboxylic acids is 2. The van der Waals surface area contributed by atoms with Crippen LogP contribution in [-0.2, 0) is 9.59 Å². The first-order valence-corrected chi connectivity index (χ1v) is 11.1. The maximum Gasteiger partial charge on any atom is 0.295 e. The number of likely N-dealkylation sites (N-methyl/N-ethyl adjacent to an activating group) is 1. The number of benzene rings is 2. The van der Waals surface area contributed by atoms with Crippen LogP contribution in [0, 0.1) is 0 Å². The smallest absolute Gasteiger partial charge is 0.295 e. The van der Waals surface area contributed by atoms with Crippen LogP contribution in [0.5, 0.6) is 5.75 Å². The second-order valence-corrected chi connectivity index (χ2v) is 8.22. The average Bonchev–Trinajstić information content (AvgIpc) is 3.04. The minimum atomic E-state index is -0.686. The molecule has 7 heteroatoms. The normalized spacial score (nSPS) is 18.1. The van der Waals surface area contributed by atoms with E-state index < -0.39 is 17.7 Å². The molecule has 31 heavy (non-hydrogen) atoms. The SMILES string of the molecule is CCN(CC)CCN1C(=O)C(=O)/C(=C(\O)c2ccc(Br)cc2)C1c1cccc(OC)c1. The third kappa shape index (κ3) is 4.83. The highest BCUT2D eigenvalue weighted by molar-refractivity contribution is 9.10. The molecule has 1 amide bonds. The number of rotatable bonds is 8. The summed E-state index contributed by atoms with van der Waals surface area (Å²) >= 11 is 3.38. The molecule has 1 saturated heterocycles. The van der Waals surface area contributed by atoms with Crippen molar-refractivity contribution in [2.24, 2.45) is 0 Å². The van der Waals surface area contributed by atoms with E-state index in [1.54, 1.807) is 48.4 Å². The predicted molar refractivity (Wildman–Crippen MR) is 124 cm³/mol. The summed E-state index contributed by atoms with van der Waals surface area (Å²) in [5.41, 5.74) is 1.30. The molecule has 0 radical (unpaired) electrons. The van der Waals surface area contributed by atoms with Crippen molar-refractivity contribution in [1.82, 2.24) is 9.80 Å². The minimum absolute atomic E-state index is 0.0973. The highest BCUT2D eigenvalue weighted by Crippen LogP contribution is 2.40. The van der Waals surface area contributed by atoms with Crippen molar-refractivity contribution in [2.75, 3.05) is 33.3 Å². The van der Waals surface area contributed by atoms with Crippen LogP contribution in [0.3, 0.4) is 0 Å². The van der Waals surface area contributed by atoms with E-state index >= 15 is 0 Å². The van der Waals surface area contributed by atoms with Crippen molar-refractivity contribution in [3.8, 4) is 5.75 Å². The van der Waals surface area contributed by atoms with Crippen LogP contribution in [0.4, 0.5) is 0 Å². The van der Waals surface area contributed by atoms with Gasteiger partial charge in [-0.3, -0.25) is 9.59 Å².